The molecule has 2 rings (SSSR count). The van der Waals surface area contributed by atoms with Crippen molar-refractivity contribution >= 4 is 50.5 Å². The molecule has 6 heteroatoms. The van der Waals surface area contributed by atoms with Crippen molar-refractivity contribution < 1.29 is 9.90 Å². The van der Waals surface area contributed by atoms with Gasteiger partial charge in [0.25, 0.3) is 0 Å². The van der Waals surface area contributed by atoms with Gasteiger partial charge in [-0.15, -0.1) is 11.3 Å². The molecule has 0 aliphatic rings. The minimum atomic E-state index is -0.995. The van der Waals surface area contributed by atoms with Gasteiger partial charge in [-0.2, -0.15) is 0 Å². The van der Waals surface area contributed by atoms with Gasteiger partial charge in [0.15, 0.2) is 0 Å². The number of anilines is 1. The standard InChI is InChI=1S/C14H13BrClNO2S/c1-6(2)10-11(17)13(14(18)19)20-12(10)8-4-3-7(16)5-9(8)15/h3-6H,17H2,1-2H3,(H,18,19). The molecule has 0 spiro atoms. The molecule has 106 valence electrons. The van der Waals surface area contributed by atoms with E-state index in [4.69, 9.17) is 17.3 Å². The third-order valence-electron chi connectivity index (χ3n) is 2.93. The number of rotatable bonds is 3. The minimum absolute atomic E-state index is 0.136. The van der Waals surface area contributed by atoms with E-state index in [1.165, 1.54) is 11.3 Å². The van der Waals surface area contributed by atoms with Crippen molar-refractivity contribution in [2.24, 2.45) is 0 Å². The molecule has 0 saturated heterocycles. The number of hydrogen-bond acceptors (Lipinski definition) is 3. The van der Waals surface area contributed by atoms with Gasteiger partial charge in [-0.05, 0) is 23.6 Å². The first-order chi connectivity index (χ1) is 9.32. The molecule has 3 N–H and O–H groups in total. The van der Waals surface area contributed by atoms with Gasteiger partial charge in [0.05, 0.1) is 5.69 Å². The maximum absolute atomic E-state index is 11.3. The van der Waals surface area contributed by atoms with Gasteiger partial charge in [-0.1, -0.05) is 47.4 Å². The van der Waals surface area contributed by atoms with E-state index in [0.29, 0.717) is 10.7 Å². The Morgan fingerprint density at radius 3 is 2.60 bits per heavy atom. The second-order valence-electron chi connectivity index (χ2n) is 4.67. The zero-order valence-electron chi connectivity index (χ0n) is 10.9. The molecule has 2 aromatic rings. The molecule has 1 heterocycles. The van der Waals surface area contributed by atoms with E-state index in [2.05, 4.69) is 15.9 Å². The second-order valence-corrected chi connectivity index (χ2v) is 6.98. The van der Waals surface area contributed by atoms with Crippen molar-refractivity contribution in [2.45, 2.75) is 19.8 Å². The summed E-state index contributed by atoms with van der Waals surface area (Å²) in [5, 5.41) is 9.86. The molecule has 0 aliphatic heterocycles. The lowest BCUT2D eigenvalue weighted by atomic mass is 9.98. The van der Waals surface area contributed by atoms with E-state index in [1.807, 2.05) is 19.9 Å². The molecule has 0 fully saturated rings. The number of benzene rings is 1. The van der Waals surface area contributed by atoms with E-state index in [-0.39, 0.29) is 10.8 Å². The van der Waals surface area contributed by atoms with E-state index in [0.717, 1.165) is 20.5 Å². The number of hydrogen-bond donors (Lipinski definition) is 2. The Morgan fingerprint density at radius 1 is 1.45 bits per heavy atom. The van der Waals surface area contributed by atoms with Crippen molar-refractivity contribution in [3.8, 4) is 10.4 Å². The van der Waals surface area contributed by atoms with Gasteiger partial charge in [-0.25, -0.2) is 4.79 Å². The highest BCUT2D eigenvalue weighted by Gasteiger charge is 2.24. The fourth-order valence-corrected chi connectivity index (χ4v) is 4.33. The number of nitrogens with two attached hydrogens (primary N) is 1. The number of carboxylic acids is 1. The predicted octanol–water partition coefficient (Wildman–Crippen LogP) is 5.23. The van der Waals surface area contributed by atoms with Crippen LogP contribution in [0.5, 0.6) is 0 Å². The first-order valence-corrected chi connectivity index (χ1v) is 7.92. The molecule has 20 heavy (non-hydrogen) atoms. The molecule has 0 bridgehead atoms. The van der Waals surface area contributed by atoms with Crippen LogP contribution in [0, 0.1) is 0 Å². The summed E-state index contributed by atoms with van der Waals surface area (Å²) in [7, 11) is 0. The minimum Gasteiger partial charge on any atom is -0.477 e. The van der Waals surface area contributed by atoms with Crippen LogP contribution in [0.2, 0.25) is 5.02 Å². The van der Waals surface area contributed by atoms with Crippen molar-refractivity contribution in [1.29, 1.82) is 0 Å². The number of thiophene rings is 1. The third-order valence-corrected chi connectivity index (χ3v) is 5.06. The molecule has 0 saturated carbocycles. The van der Waals surface area contributed by atoms with Crippen LogP contribution in [0.3, 0.4) is 0 Å². The topological polar surface area (TPSA) is 63.3 Å². The zero-order valence-corrected chi connectivity index (χ0v) is 14.1. The van der Waals surface area contributed by atoms with Crippen molar-refractivity contribution in [1.82, 2.24) is 0 Å². The lowest BCUT2D eigenvalue weighted by Gasteiger charge is -2.10. The van der Waals surface area contributed by atoms with Gasteiger partial charge >= 0.3 is 5.97 Å². The number of carbonyl (C=O) groups is 1. The van der Waals surface area contributed by atoms with Crippen LogP contribution >= 0.6 is 38.9 Å². The highest BCUT2D eigenvalue weighted by atomic mass is 79.9. The molecule has 0 amide bonds. The summed E-state index contributed by atoms with van der Waals surface area (Å²) in [5.41, 5.74) is 8.14. The van der Waals surface area contributed by atoms with Gasteiger partial charge < -0.3 is 10.8 Å². The highest BCUT2D eigenvalue weighted by Crippen LogP contribution is 2.45. The van der Waals surface area contributed by atoms with Gasteiger partial charge in [-0.3, -0.25) is 0 Å². The summed E-state index contributed by atoms with van der Waals surface area (Å²) in [6.07, 6.45) is 0. The molecule has 1 aromatic carbocycles. The Bertz CT molecular complexity index is 682. The molecule has 0 atom stereocenters. The molecular weight excluding hydrogens is 362 g/mol. The Balaban J connectivity index is 2.73. The first kappa shape index (κ1) is 15.4. The Hall–Kier alpha value is -1.04. The molecular formula is C14H13BrClNO2S. The van der Waals surface area contributed by atoms with Crippen LogP contribution in [0.25, 0.3) is 10.4 Å². The Kier molecular flexibility index (Phi) is 4.42. The number of halogens is 2. The quantitative estimate of drug-likeness (QED) is 0.772. The third kappa shape index (κ3) is 2.71. The maximum Gasteiger partial charge on any atom is 0.348 e. The van der Waals surface area contributed by atoms with Crippen LogP contribution in [-0.2, 0) is 0 Å². The van der Waals surface area contributed by atoms with E-state index < -0.39 is 5.97 Å². The van der Waals surface area contributed by atoms with Gasteiger partial charge in [0.1, 0.15) is 4.88 Å². The zero-order chi connectivity index (χ0) is 15.0. The van der Waals surface area contributed by atoms with Crippen LogP contribution in [0.1, 0.15) is 35.0 Å². The number of carboxylic acid groups (broad SMARTS) is 1. The molecule has 0 radical (unpaired) electrons. The summed E-state index contributed by atoms with van der Waals surface area (Å²) in [6.45, 7) is 3.99. The highest BCUT2D eigenvalue weighted by molar-refractivity contribution is 9.10. The van der Waals surface area contributed by atoms with Gasteiger partial charge in [0, 0.05) is 19.9 Å². The van der Waals surface area contributed by atoms with Crippen molar-refractivity contribution in [2.75, 3.05) is 5.73 Å². The van der Waals surface area contributed by atoms with Crippen LogP contribution in [0.15, 0.2) is 22.7 Å². The lowest BCUT2D eigenvalue weighted by Crippen LogP contribution is -2.00. The summed E-state index contributed by atoms with van der Waals surface area (Å²) in [6, 6.07) is 5.44. The monoisotopic (exact) mass is 373 g/mol. The maximum atomic E-state index is 11.3. The fraction of sp³-hybridized carbons (Fsp3) is 0.214. The SMILES string of the molecule is CC(C)c1c(-c2ccc(Cl)cc2Br)sc(C(=O)O)c1N. The van der Waals surface area contributed by atoms with Crippen LogP contribution in [0.4, 0.5) is 5.69 Å². The summed E-state index contributed by atoms with van der Waals surface area (Å²) >= 11 is 10.6. The Morgan fingerprint density at radius 2 is 2.10 bits per heavy atom. The average Bonchev–Trinajstić information content (AvgIpc) is 2.66. The molecule has 3 nitrogen and oxygen atoms in total. The smallest absolute Gasteiger partial charge is 0.348 e. The normalized spacial score (nSPS) is 11.1. The summed E-state index contributed by atoms with van der Waals surface area (Å²) < 4.78 is 0.824. The van der Waals surface area contributed by atoms with Crippen LogP contribution in [-0.4, -0.2) is 11.1 Å². The number of nitrogen functional groups attached to an aromatic ring is 1. The van der Waals surface area contributed by atoms with E-state index >= 15 is 0 Å². The molecule has 0 aliphatic carbocycles. The van der Waals surface area contributed by atoms with E-state index in [9.17, 15) is 9.90 Å². The predicted molar refractivity (Wildman–Crippen MR) is 87.9 cm³/mol. The van der Waals surface area contributed by atoms with Gasteiger partial charge in [0.2, 0.25) is 0 Å². The lowest BCUT2D eigenvalue weighted by molar-refractivity contribution is 0.0703. The van der Waals surface area contributed by atoms with Crippen molar-refractivity contribution in [3.63, 3.8) is 0 Å². The first-order valence-electron chi connectivity index (χ1n) is 5.93. The largest absolute Gasteiger partial charge is 0.477 e. The second kappa shape index (κ2) is 5.76. The number of aromatic carboxylic acids is 1. The Labute approximate surface area is 134 Å². The van der Waals surface area contributed by atoms with Crippen molar-refractivity contribution in [3.05, 3.63) is 38.1 Å². The summed E-state index contributed by atoms with van der Waals surface area (Å²) in [4.78, 5) is 12.3. The van der Waals surface area contributed by atoms with Crippen LogP contribution < -0.4 is 5.73 Å². The average molecular weight is 375 g/mol. The molecule has 0 unspecified atom stereocenters. The summed E-state index contributed by atoms with van der Waals surface area (Å²) in [5.74, 6) is -0.859. The molecule has 1 aromatic heterocycles. The fourth-order valence-electron chi connectivity index (χ4n) is 2.06. The van der Waals surface area contributed by atoms with E-state index in [1.54, 1.807) is 12.1 Å².